The highest BCUT2D eigenvalue weighted by atomic mass is 16.2. The Morgan fingerprint density at radius 3 is 2.88 bits per heavy atom. The lowest BCUT2D eigenvalue weighted by Gasteiger charge is -2.41. The normalized spacial score (nSPS) is 23.7. The second kappa shape index (κ2) is 7.07. The molecular weight excluding hydrogens is 330 g/mol. The molecule has 0 unspecified atom stereocenters. The standard InChI is InChI=1S/C19H25N5O2/c1-23-16(7-9-22-23)18-14(3-2-10-24(18)15-4-5-15)12-21-19(26)13-6-8-20-17(25)11-13/h6-9,11,14-15,18H,2-5,10,12H2,1H3,(H,20,25)(H,21,26)/t14-,18+/m0/s1. The lowest BCUT2D eigenvalue weighted by atomic mass is 9.86. The second-order valence-electron chi connectivity index (χ2n) is 7.35. The fraction of sp³-hybridized carbons (Fsp3) is 0.526. The van der Waals surface area contributed by atoms with Gasteiger partial charge in [-0.2, -0.15) is 5.10 Å². The molecule has 7 nitrogen and oxygen atoms in total. The highest BCUT2D eigenvalue weighted by Crippen LogP contribution is 2.42. The van der Waals surface area contributed by atoms with E-state index in [0.717, 1.165) is 19.4 Å². The molecule has 2 fully saturated rings. The molecule has 1 amide bonds. The maximum atomic E-state index is 12.4. The van der Waals surface area contributed by atoms with Gasteiger partial charge < -0.3 is 10.3 Å². The average molecular weight is 355 g/mol. The first-order chi connectivity index (χ1) is 12.6. The molecule has 0 radical (unpaired) electrons. The molecule has 1 aliphatic carbocycles. The van der Waals surface area contributed by atoms with Crippen LogP contribution in [-0.4, -0.2) is 44.7 Å². The number of hydrogen-bond acceptors (Lipinski definition) is 4. The van der Waals surface area contributed by atoms with E-state index in [-0.39, 0.29) is 17.5 Å². The first-order valence-electron chi connectivity index (χ1n) is 9.34. The van der Waals surface area contributed by atoms with Gasteiger partial charge in [-0.1, -0.05) is 0 Å². The summed E-state index contributed by atoms with van der Waals surface area (Å²) in [5.74, 6) is 0.147. The van der Waals surface area contributed by atoms with Gasteiger partial charge in [-0.05, 0) is 50.3 Å². The summed E-state index contributed by atoms with van der Waals surface area (Å²) in [4.78, 5) is 29.0. The molecule has 0 bridgehead atoms. The van der Waals surface area contributed by atoms with E-state index in [2.05, 4.69) is 26.4 Å². The third-order valence-corrected chi connectivity index (χ3v) is 5.53. The van der Waals surface area contributed by atoms with Crippen molar-refractivity contribution < 1.29 is 4.79 Å². The molecule has 2 aromatic rings. The van der Waals surface area contributed by atoms with Crippen LogP contribution in [0.1, 0.15) is 47.8 Å². The number of rotatable bonds is 5. The zero-order valence-electron chi connectivity index (χ0n) is 15.0. The molecule has 1 saturated heterocycles. The van der Waals surface area contributed by atoms with Crippen molar-refractivity contribution in [1.29, 1.82) is 0 Å². The van der Waals surface area contributed by atoms with E-state index in [1.807, 2.05) is 17.9 Å². The fourth-order valence-corrected chi connectivity index (χ4v) is 4.13. The van der Waals surface area contributed by atoms with Crippen LogP contribution in [0.5, 0.6) is 0 Å². The Balaban J connectivity index is 1.51. The van der Waals surface area contributed by atoms with Gasteiger partial charge in [0.15, 0.2) is 0 Å². The summed E-state index contributed by atoms with van der Waals surface area (Å²) in [6.45, 7) is 1.71. The van der Waals surface area contributed by atoms with Crippen molar-refractivity contribution in [3.05, 3.63) is 52.2 Å². The molecule has 2 N–H and O–H groups in total. The van der Waals surface area contributed by atoms with Crippen LogP contribution >= 0.6 is 0 Å². The Hall–Kier alpha value is -2.41. The molecule has 1 saturated carbocycles. The molecule has 7 heteroatoms. The van der Waals surface area contributed by atoms with Gasteiger partial charge in [0, 0.05) is 43.7 Å². The molecule has 0 aromatic carbocycles. The number of likely N-dealkylation sites (tertiary alicyclic amines) is 1. The van der Waals surface area contributed by atoms with Crippen LogP contribution in [0.4, 0.5) is 0 Å². The zero-order chi connectivity index (χ0) is 18.1. The summed E-state index contributed by atoms with van der Waals surface area (Å²) in [7, 11) is 1.99. The predicted octanol–water partition coefficient (Wildman–Crippen LogP) is 1.45. The highest BCUT2D eigenvalue weighted by Gasteiger charge is 2.41. The number of amides is 1. The molecule has 1 aliphatic heterocycles. The number of carbonyl (C=O) groups is 1. The number of nitrogens with zero attached hydrogens (tertiary/aromatic N) is 3. The number of nitrogens with one attached hydrogen (secondary N) is 2. The summed E-state index contributed by atoms with van der Waals surface area (Å²) in [5, 5.41) is 7.40. The minimum Gasteiger partial charge on any atom is -0.352 e. The summed E-state index contributed by atoms with van der Waals surface area (Å²) < 4.78 is 1.96. The maximum Gasteiger partial charge on any atom is 0.251 e. The van der Waals surface area contributed by atoms with E-state index >= 15 is 0 Å². The van der Waals surface area contributed by atoms with Gasteiger partial charge in [-0.3, -0.25) is 19.2 Å². The molecule has 138 valence electrons. The van der Waals surface area contributed by atoms with Crippen LogP contribution in [0.2, 0.25) is 0 Å². The lowest BCUT2D eigenvalue weighted by Crippen LogP contribution is -2.45. The van der Waals surface area contributed by atoms with Crippen LogP contribution < -0.4 is 10.9 Å². The Kier molecular flexibility index (Phi) is 4.63. The molecule has 3 heterocycles. The number of aromatic amines is 1. The van der Waals surface area contributed by atoms with E-state index in [1.54, 1.807) is 6.07 Å². The first-order valence-corrected chi connectivity index (χ1v) is 9.34. The van der Waals surface area contributed by atoms with E-state index in [0.29, 0.717) is 24.1 Å². The van der Waals surface area contributed by atoms with Crippen molar-refractivity contribution in [1.82, 2.24) is 25.0 Å². The van der Waals surface area contributed by atoms with Crippen LogP contribution in [0, 0.1) is 5.92 Å². The monoisotopic (exact) mass is 355 g/mol. The van der Waals surface area contributed by atoms with Crippen molar-refractivity contribution in [3.63, 3.8) is 0 Å². The Morgan fingerprint density at radius 2 is 2.19 bits per heavy atom. The fourth-order valence-electron chi connectivity index (χ4n) is 4.13. The number of piperidine rings is 1. The summed E-state index contributed by atoms with van der Waals surface area (Å²) in [6, 6.07) is 6.01. The average Bonchev–Trinajstić information content (AvgIpc) is 3.41. The molecule has 0 spiro atoms. The Morgan fingerprint density at radius 1 is 1.35 bits per heavy atom. The van der Waals surface area contributed by atoms with Crippen LogP contribution in [0.3, 0.4) is 0 Å². The summed E-state index contributed by atoms with van der Waals surface area (Å²) in [5.41, 5.74) is 1.36. The topological polar surface area (TPSA) is 83.0 Å². The number of aromatic nitrogens is 3. The minimum absolute atomic E-state index is 0.191. The van der Waals surface area contributed by atoms with Crippen LogP contribution in [0.15, 0.2) is 35.4 Å². The van der Waals surface area contributed by atoms with Gasteiger partial charge in [0.25, 0.3) is 5.91 Å². The number of hydrogen-bond donors (Lipinski definition) is 2. The molecule has 26 heavy (non-hydrogen) atoms. The number of pyridine rings is 1. The third kappa shape index (κ3) is 3.44. The van der Waals surface area contributed by atoms with E-state index < -0.39 is 0 Å². The third-order valence-electron chi connectivity index (χ3n) is 5.53. The van der Waals surface area contributed by atoms with Gasteiger partial charge in [0.05, 0.1) is 11.7 Å². The number of H-pyrrole nitrogens is 1. The first kappa shape index (κ1) is 17.0. The molecule has 2 aromatic heterocycles. The van der Waals surface area contributed by atoms with Crippen molar-refractivity contribution in [2.75, 3.05) is 13.1 Å². The second-order valence-corrected chi connectivity index (χ2v) is 7.35. The Bertz CT molecular complexity index is 838. The molecule has 4 rings (SSSR count). The molecule has 2 atom stereocenters. The summed E-state index contributed by atoms with van der Waals surface area (Å²) >= 11 is 0. The lowest BCUT2D eigenvalue weighted by molar-refractivity contribution is 0.0727. The number of carbonyl (C=O) groups excluding carboxylic acids is 1. The van der Waals surface area contributed by atoms with Crippen molar-refractivity contribution >= 4 is 5.91 Å². The van der Waals surface area contributed by atoms with Crippen molar-refractivity contribution in [2.45, 2.75) is 37.8 Å². The van der Waals surface area contributed by atoms with E-state index in [9.17, 15) is 9.59 Å². The van der Waals surface area contributed by atoms with Gasteiger partial charge in [-0.25, -0.2) is 0 Å². The van der Waals surface area contributed by atoms with Crippen LogP contribution in [-0.2, 0) is 7.05 Å². The largest absolute Gasteiger partial charge is 0.352 e. The van der Waals surface area contributed by atoms with Gasteiger partial charge >= 0.3 is 0 Å². The Labute approximate surface area is 152 Å². The SMILES string of the molecule is Cn1nccc1[C@H]1[C@H](CNC(=O)c2cc[nH]c(=O)c2)CCCN1C1CC1. The van der Waals surface area contributed by atoms with Crippen molar-refractivity contribution in [3.8, 4) is 0 Å². The zero-order valence-corrected chi connectivity index (χ0v) is 15.0. The quantitative estimate of drug-likeness (QED) is 0.850. The van der Waals surface area contributed by atoms with Crippen LogP contribution in [0.25, 0.3) is 0 Å². The smallest absolute Gasteiger partial charge is 0.251 e. The minimum atomic E-state index is -0.261. The van der Waals surface area contributed by atoms with E-state index in [4.69, 9.17) is 0 Å². The van der Waals surface area contributed by atoms with Gasteiger partial charge in [0.2, 0.25) is 5.56 Å². The van der Waals surface area contributed by atoms with E-state index in [1.165, 1.54) is 30.8 Å². The van der Waals surface area contributed by atoms with Gasteiger partial charge in [0.1, 0.15) is 0 Å². The van der Waals surface area contributed by atoms with Crippen molar-refractivity contribution in [2.24, 2.45) is 13.0 Å². The predicted molar refractivity (Wildman–Crippen MR) is 97.8 cm³/mol. The molecule has 2 aliphatic rings. The highest BCUT2D eigenvalue weighted by molar-refractivity contribution is 5.93. The molecular formula is C19H25N5O2. The number of aryl methyl sites for hydroxylation is 1. The van der Waals surface area contributed by atoms with Gasteiger partial charge in [-0.15, -0.1) is 0 Å². The summed E-state index contributed by atoms with van der Waals surface area (Å²) in [6.07, 6.45) is 8.11. The maximum absolute atomic E-state index is 12.4.